The van der Waals surface area contributed by atoms with Crippen LogP contribution in [-0.4, -0.2) is 32.4 Å². The van der Waals surface area contributed by atoms with Crippen LogP contribution in [0.3, 0.4) is 0 Å². The average Bonchev–Trinajstić information content (AvgIpc) is 2.23. The Hall–Kier alpha value is -1.13. The van der Waals surface area contributed by atoms with Crippen molar-refractivity contribution in [2.24, 2.45) is 0 Å². The molecule has 0 saturated heterocycles. The van der Waals surface area contributed by atoms with Crippen molar-refractivity contribution in [3.05, 3.63) is 23.5 Å². The summed E-state index contributed by atoms with van der Waals surface area (Å²) in [6, 6.07) is 3.85. The lowest BCUT2D eigenvalue weighted by atomic mass is 10.3. The number of hydrogen-bond acceptors (Lipinski definition) is 4. The normalized spacial score (nSPS) is 10.3. The molecule has 1 heterocycles. The zero-order valence-corrected chi connectivity index (χ0v) is 9.54. The summed E-state index contributed by atoms with van der Waals surface area (Å²) in [6.07, 6.45) is 0. The van der Waals surface area contributed by atoms with Crippen LogP contribution >= 0.6 is 0 Å². The molecule has 0 aromatic carbocycles. The molecular weight excluding hydrogens is 192 g/mol. The Morgan fingerprint density at radius 2 is 2.13 bits per heavy atom. The van der Waals surface area contributed by atoms with Gasteiger partial charge in [0.15, 0.2) is 0 Å². The first-order valence-electron chi connectivity index (χ1n) is 4.97. The van der Waals surface area contributed by atoms with E-state index in [0.29, 0.717) is 6.61 Å². The van der Waals surface area contributed by atoms with Crippen LogP contribution in [0.2, 0.25) is 0 Å². The van der Waals surface area contributed by atoms with Crippen LogP contribution in [0, 0.1) is 6.92 Å². The van der Waals surface area contributed by atoms with Gasteiger partial charge in [-0.3, -0.25) is 4.98 Å². The molecule has 1 N–H and O–H groups in total. The van der Waals surface area contributed by atoms with Gasteiger partial charge in [0.05, 0.1) is 19.4 Å². The van der Waals surface area contributed by atoms with Gasteiger partial charge in [0.25, 0.3) is 0 Å². The molecule has 0 spiro atoms. The second-order valence-electron chi connectivity index (χ2n) is 3.31. The summed E-state index contributed by atoms with van der Waals surface area (Å²) in [6.45, 7) is 4.24. The molecule has 0 unspecified atom stereocenters. The highest BCUT2D eigenvalue weighted by atomic mass is 16.5. The molecule has 0 atom stereocenters. The third kappa shape index (κ3) is 4.27. The number of rotatable bonds is 6. The molecule has 1 aromatic rings. The van der Waals surface area contributed by atoms with Crippen molar-refractivity contribution in [1.82, 2.24) is 10.3 Å². The van der Waals surface area contributed by atoms with Gasteiger partial charge in [0.1, 0.15) is 5.75 Å². The molecule has 0 aliphatic heterocycles. The van der Waals surface area contributed by atoms with Crippen LogP contribution in [-0.2, 0) is 11.3 Å². The second kappa shape index (κ2) is 6.37. The topological polar surface area (TPSA) is 43.4 Å². The number of nitrogens with one attached hydrogen (secondary N) is 1. The molecule has 15 heavy (non-hydrogen) atoms. The van der Waals surface area contributed by atoms with Crippen LogP contribution in [0.4, 0.5) is 0 Å². The van der Waals surface area contributed by atoms with Crippen molar-refractivity contribution in [2.75, 3.05) is 27.4 Å². The Morgan fingerprint density at radius 3 is 2.80 bits per heavy atom. The van der Waals surface area contributed by atoms with E-state index < -0.39 is 0 Å². The number of aromatic nitrogens is 1. The molecule has 0 aliphatic carbocycles. The van der Waals surface area contributed by atoms with Gasteiger partial charge in [-0.1, -0.05) is 0 Å². The summed E-state index contributed by atoms with van der Waals surface area (Å²) >= 11 is 0. The molecule has 4 heteroatoms. The summed E-state index contributed by atoms with van der Waals surface area (Å²) in [5.41, 5.74) is 1.96. The average molecular weight is 210 g/mol. The second-order valence-corrected chi connectivity index (χ2v) is 3.31. The van der Waals surface area contributed by atoms with E-state index >= 15 is 0 Å². The maximum atomic E-state index is 5.17. The Bertz CT molecular complexity index is 303. The SMILES string of the molecule is COCCNCc1cc(OC)cc(C)n1. The molecule has 0 aliphatic rings. The fourth-order valence-electron chi connectivity index (χ4n) is 1.30. The number of hydrogen-bond donors (Lipinski definition) is 1. The van der Waals surface area contributed by atoms with E-state index in [1.807, 2.05) is 19.1 Å². The quantitative estimate of drug-likeness (QED) is 0.715. The lowest BCUT2D eigenvalue weighted by molar-refractivity contribution is 0.199. The van der Waals surface area contributed by atoms with E-state index in [1.165, 1.54) is 0 Å². The van der Waals surface area contributed by atoms with Gasteiger partial charge in [-0.25, -0.2) is 0 Å². The molecule has 1 rings (SSSR count). The van der Waals surface area contributed by atoms with Gasteiger partial charge in [0, 0.05) is 38.0 Å². The third-order valence-electron chi connectivity index (χ3n) is 2.00. The highest BCUT2D eigenvalue weighted by molar-refractivity contribution is 5.26. The van der Waals surface area contributed by atoms with Gasteiger partial charge in [-0.2, -0.15) is 0 Å². The Kier molecular flexibility index (Phi) is 5.07. The summed E-state index contributed by atoms with van der Waals surface area (Å²) in [4.78, 5) is 4.40. The smallest absolute Gasteiger partial charge is 0.122 e. The Labute approximate surface area is 90.6 Å². The molecule has 0 amide bonds. The van der Waals surface area contributed by atoms with Gasteiger partial charge in [-0.05, 0) is 6.92 Å². The Balaban J connectivity index is 2.49. The van der Waals surface area contributed by atoms with Gasteiger partial charge < -0.3 is 14.8 Å². The van der Waals surface area contributed by atoms with Crippen LogP contribution in [0.15, 0.2) is 12.1 Å². The molecule has 0 fully saturated rings. The van der Waals surface area contributed by atoms with Crippen molar-refractivity contribution < 1.29 is 9.47 Å². The summed E-state index contributed by atoms with van der Waals surface area (Å²) in [5, 5.41) is 3.24. The molecule has 84 valence electrons. The molecular formula is C11H18N2O2. The molecule has 0 bridgehead atoms. The number of nitrogens with zero attached hydrogens (tertiary/aromatic N) is 1. The summed E-state index contributed by atoms with van der Waals surface area (Å²) < 4.78 is 10.1. The lowest BCUT2D eigenvalue weighted by Crippen LogP contribution is -2.19. The third-order valence-corrected chi connectivity index (χ3v) is 2.00. The monoisotopic (exact) mass is 210 g/mol. The van der Waals surface area contributed by atoms with E-state index in [4.69, 9.17) is 9.47 Å². The van der Waals surface area contributed by atoms with Crippen molar-refractivity contribution in [3.63, 3.8) is 0 Å². The van der Waals surface area contributed by atoms with Crippen LogP contribution in [0.5, 0.6) is 5.75 Å². The molecule has 1 aromatic heterocycles. The van der Waals surface area contributed by atoms with E-state index in [9.17, 15) is 0 Å². The zero-order valence-electron chi connectivity index (χ0n) is 9.54. The van der Waals surface area contributed by atoms with E-state index in [0.717, 1.165) is 30.2 Å². The molecule has 4 nitrogen and oxygen atoms in total. The predicted molar refractivity (Wildman–Crippen MR) is 59.1 cm³/mol. The minimum Gasteiger partial charge on any atom is -0.497 e. The standard InChI is InChI=1S/C11H18N2O2/c1-9-6-11(15-3)7-10(13-9)8-12-4-5-14-2/h6-7,12H,4-5,8H2,1-3H3. The summed E-state index contributed by atoms with van der Waals surface area (Å²) in [7, 11) is 3.35. The van der Waals surface area contributed by atoms with E-state index in [2.05, 4.69) is 10.3 Å². The maximum absolute atomic E-state index is 5.17. The first kappa shape index (κ1) is 11.9. The fraction of sp³-hybridized carbons (Fsp3) is 0.545. The number of aryl methyl sites for hydroxylation is 1. The van der Waals surface area contributed by atoms with Crippen LogP contribution in [0.1, 0.15) is 11.4 Å². The highest BCUT2D eigenvalue weighted by Crippen LogP contribution is 2.12. The van der Waals surface area contributed by atoms with Crippen molar-refractivity contribution in [2.45, 2.75) is 13.5 Å². The first-order chi connectivity index (χ1) is 7.26. The first-order valence-corrected chi connectivity index (χ1v) is 4.97. The lowest BCUT2D eigenvalue weighted by Gasteiger charge is -2.07. The molecule has 0 radical (unpaired) electrons. The number of ether oxygens (including phenoxy) is 2. The maximum Gasteiger partial charge on any atom is 0.122 e. The minimum absolute atomic E-state index is 0.711. The van der Waals surface area contributed by atoms with Gasteiger partial charge in [-0.15, -0.1) is 0 Å². The van der Waals surface area contributed by atoms with Crippen molar-refractivity contribution in [3.8, 4) is 5.75 Å². The highest BCUT2D eigenvalue weighted by Gasteiger charge is 1.99. The predicted octanol–water partition coefficient (Wildman–Crippen LogP) is 1.13. The fourth-order valence-corrected chi connectivity index (χ4v) is 1.30. The van der Waals surface area contributed by atoms with E-state index in [-0.39, 0.29) is 0 Å². The Morgan fingerprint density at radius 1 is 1.33 bits per heavy atom. The van der Waals surface area contributed by atoms with E-state index in [1.54, 1.807) is 14.2 Å². The minimum atomic E-state index is 0.711. The van der Waals surface area contributed by atoms with Crippen molar-refractivity contribution >= 4 is 0 Å². The van der Waals surface area contributed by atoms with Gasteiger partial charge >= 0.3 is 0 Å². The largest absolute Gasteiger partial charge is 0.497 e. The van der Waals surface area contributed by atoms with Crippen molar-refractivity contribution in [1.29, 1.82) is 0 Å². The van der Waals surface area contributed by atoms with Crippen LogP contribution in [0.25, 0.3) is 0 Å². The number of methoxy groups -OCH3 is 2. The molecule has 0 saturated carbocycles. The number of pyridine rings is 1. The van der Waals surface area contributed by atoms with Gasteiger partial charge in [0.2, 0.25) is 0 Å². The summed E-state index contributed by atoms with van der Waals surface area (Å²) in [5.74, 6) is 0.853. The zero-order chi connectivity index (χ0) is 11.1. The van der Waals surface area contributed by atoms with Crippen LogP contribution < -0.4 is 10.1 Å².